The molecule has 0 aliphatic carbocycles. The van der Waals surface area contributed by atoms with Crippen LogP contribution in [0.25, 0.3) is 0 Å². The van der Waals surface area contributed by atoms with Gasteiger partial charge in [0, 0.05) is 0 Å². The molecule has 0 aromatic rings. The van der Waals surface area contributed by atoms with Gasteiger partial charge in [-0.05, 0) is 12.8 Å². The van der Waals surface area contributed by atoms with Crippen molar-refractivity contribution in [1.29, 1.82) is 0 Å². The average molecular weight is 439 g/mol. The van der Waals surface area contributed by atoms with Crippen molar-refractivity contribution in [2.75, 3.05) is 11.5 Å². The zero-order valence-corrected chi connectivity index (χ0v) is 20.7. The van der Waals surface area contributed by atoms with Gasteiger partial charge >= 0.3 is 29.6 Å². The zero-order chi connectivity index (χ0) is 19.7. The van der Waals surface area contributed by atoms with E-state index in [1.165, 1.54) is 51.4 Å². The first kappa shape index (κ1) is 30.0. The van der Waals surface area contributed by atoms with Crippen LogP contribution < -0.4 is 29.6 Å². The van der Waals surface area contributed by atoms with Crippen molar-refractivity contribution in [1.82, 2.24) is 0 Å². The molecule has 0 rings (SSSR count). The molecule has 0 bridgehead atoms. The summed E-state index contributed by atoms with van der Waals surface area (Å²) in [4.78, 5) is 0. The first-order valence-electron chi connectivity index (χ1n) is 10.1. The Morgan fingerprint density at radius 2 is 0.556 bits per heavy atom. The fourth-order valence-electron chi connectivity index (χ4n) is 3.04. The molecule has 0 radical (unpaired) electrons. The van der Waals surface area contributed by atoms with E-state index in [-0.39, 0.29) is 42.5 Å². The molecular formula is C18H39NaO6S2. The molecule has 0 saturated carbocycles. The molecule has 2 N–H and O–H groups in total. The summed E-state index contributed by atoms with van der Waals surface area (Å²) in [5, 5.41) is 0. The smallest absolute Gasteiger partial charge is 1.00 e. The van der Waals surface area contributed by atoms with E-state index in [4.69, 9.17) is 9.11 Å². The monoisotopic (exact) mass is 438 g/mol. The molecule has 27 heavy (non-hydrogen) atoms. The van der Waals surface area contributed by atoms with Gasteiger partial charge in [-0.25, -0.2) is 0 Å². The van der Waals surface area contributed by atoms with Crippen LogP contribution in [0.2, 0.25) is 0 Å². The number of unbranched alkanes of at least 4 members (excludes halogenated alkanes) is 15. The van der Waals surface area contributed by atoms with Gasteiger partial charge in [0.05, 0.1) is 11.5 Å². The Morgan fingerprint density at radius 3 is 0.704 bits per heavy atom. The number of hydrogen-bond donors (Lipinski definition) is 2. The second-order valence-corrected chi connectivity index (χ2v) is 10.4. The Labute approximate surface area is 190 Å². The van der Waals surface area contributed by atoms with E-state index in [2.05, 4.69) is 0 Å². The van der Waals surface area contributed by atoms with Crippen LogP contribution in [0.1, 0.15) is 104 Å². The van der Waals surface area contributed by atoms with Gasteiger partial charge in [-0.15, -0.1) is 0 Å². The van der Waals surface area contributed by atoms with E-state index in [9.17, 15) is 16.8 Å². The molecule has 0 heterocycles. The molecule has 0 aromatic carbocycles. The van der Waals surface area contributed by atoms with Gasteiger partial charge in [-0.3, -0.25) is 9.11 Å². The van der Waals surface area contributed by atoms with Crippen LogP contribution >= 0.6 is 0 Å². The van der Waals surface area contributed by atoms with Gasteiger partial charge in [0.1, 0.15) is 0 Å². The van der Waals surface area contributed by atoms with Gasteiger partial charge in [-0.1, -0.05) is 89.9 Å². The Bertz CT molecular complexity index is 478. The van der Waals surface area contributed by atoms with Crippen LogP contribution in [0.3, 0.4) is 0 Å². The summed E-state index contributed by atoms with van der Waals surface area (Å²) in [6.07, 6.45) is 17.2. The fourth-order valence-corrected chi connectivity index (χ4v) is 4.18. The van der Waals surface area contributed by atoms with Crippen molar-refractivity contribution in [3.63, 3.8) is 0 Å². The second-order valence-electron chi connectivity index (χ2n) is 7.23. The van der Waals surface area contributed by atoms with Gasteiger partial charge in [0.15, 0.2) is 0 Å². The molecule has 0 atom stereocenters. The van der Waals surface area contributed by atoms with E-state index in [1.807, 2.05) is 0 Å². The third kappa shape index (κ3) is 29.1. The second kappa shape index (κ2) is 18.8. The molecule has 0 fully saturated rings. The van der Waals surface area contributed by atoms with Crippen molar-refractivity contribution in [2.24, 2.45) is 0 Å². The van der Waals surface area contributed by atoms with E-state index < -0.39 is 20.2 Å². The third-order valence-electron chi connectivity index (χ3n) is 4.55. The maximum Gasteiger partial charge on any atom is 1.00 e. The van der Waals surface area contributed by atoms with Crippen molar-refractivity contribution < 1.29 is 56.9 Å². The Balaban J connectivity index is -0.00000312. The van der Waals surface area contributed by atoms with E-state index in [0.717, 1.165) is 38.5 Å². The first-order chi connectivity index (χ1) is 12.2. The van der Waals surface area contributed by atoms with Crippen molar-refractivity contribution in [3.8, 4) is 0 Å². The summed E-state index contributed by atoms with van der Waals surface area (Å²) in [5.74, 6) is -0.227. The van der Waals surface area contributed by atoms with Crippen molar-refractivity contribution >= 4 is 20.2 Å². The molecule has 0 unspecified atom stereocenters. The molecule has 6 nitrogen and oxygen atoms in total. The maximum atomic E-state index is 10.6. The van der Waals surface area contributed by atoms with E-state index in [1.54, 1.807) is 0 Å². The first-order valence-corrected chi connectivity index (χ1v) is 13.3. The zero-order valence-electron chi connectivity index (χ0n) is 18.1. The normalized spacial score (nSPS) is 12.1. The SMILES string of the molecule is O=S(=O)(O)CCCCCCCCCCCCCCCCCCS(=O)(=O)O.[H-].[Na+]. The third-order valence-corrected chi connectivity index (χ3v) is 6.16. The molecule has 0 aliphatic heterocycles. The Morgan fingerprint density at radius 1 is 0.407 bits per heavy atom. The molecular weight excluding hydrogens is 399 g/mol. The minimum Gasteiger partial charge on any atom is -1.00 e. The van der Waals surface area contributed by atoms with Crippen LogP contribution in [0.5, 0.6) is 0 Å². The molecule has 0 aliphatic rings. The molecule has 160 valence electrons. The average Bonchev–Trinajstić information content (AvgIpc) is 2.51. The molecule has 0 aromatic heterocycles. The summed E-state index contributed by atoms with van der Waals surface area (Å²) in [5.41, 5.74) is 0. The van der Waals surface area contributed by atoms with Crippen LogP contribution in [-0.4, -0.2) is 37.4 Å². The van der Waals surface area contributed by atoms with Crippen molar-refractivity contribution in [3.05, 3.63) is 0 Å². The van der Waals surface area contributed by atoms with Gasteiger partial charge in [0.25, 0.3) is 20.2 Å². The maximum absolute atomic E-state index is 10.6. The molecule has 9 heteroatoms. The predicted octanol–water partition coefficient (Wildman–Crippen LogP) is 2.12. The van der Waals surface area contributed by atoms with Gasteiger partial charge < -0.3 is 1.43 Å². The summed E-state index contributed by atoms with van der Waals surface area (Å²) in [7, 11) is -7.56. The Hall–Kier alpha value is 0.820. The van der Waals surface area contributed by atoms with Crippen LogP contribution in [0.15, 0.2) is 0 Å². The van der Waals surface area contributed by atoms with Gasteiger partial charge in [-0.2, -0.15) is 16.8 Å². The summed E-state index contributed by atoms with van der Waals surface area (Å²) >= 11 is 0. The molecule has 0 spiro atoms. The van der Waals surface area contributed by atoms with E-state index >= 15 is 0 Å². The quantitative estimate of drug-likeness (QED) is 0.182. The summed E-state index contributed by atoms with van der Waals surface area (Å²) < 4.78 is 59.4. The Kier molecular flexibility index (Phi) is 20.9. The van der Waals surface area contributed by atoms with Crippen LogP contribution in [0, 0.1) is 0 Å². The van der Waals surface area contributed by atoms with Crippen LogP contribution in [-0.2, 0) is 20.2 Å². The molecule has 0 saturated heterocycles. The number of rotatable bonds is 19. The molecule has 0 amide bonds. The fraction of sp³-hybridized carbons (Fsp3) is 1.00. The predicted molar refractivity (Wildman–Crippen MR) is 108 cm³/mol. The van der Waals surface area contributed by atoms with Crippen LogP contribution in [0.4, 0.5) is 0 Å². The standard InChI is InChI=1S/C18H38O6S2.Na.H/c19-25(20,21)17-15-13-11-9-7-5-3-1-2-4-6-8-10-12-14-16-18-26(22,23)24;;/h1-18H2,(H,19,20,21)(H,22,23,24);;/q;+1;-1. The topological polar surface area (TPSA) is 109 Å². The van der Waals surface area contributed by atoms with E-state index in [0.29, 0.717) is 12.8 Å². The minimum atomic E-state index is -3.78. The van der Waals surface area contributed by atoms with Crippen molar-refractivity contribution in [2.45, 2.75) is 103 Å². The largest absolute Gasteiger partial charge is 1.00 e. The summed E-state index contributed by atoms with van der Waals surface area (Å²) in [6, 6.07) is 0. The summed E-state index contributed by atoms with van der Waals surface area (Å²) in [6.45, 7) is 0. The minimum absolute atomic E-state index is 0. The van der Waals surface area contributed by atoms with Gasteiger partial charge in [0.2, 0.25) is 0 Å². The number of hydrogen-bond acceptors (Lipinski definition) is 4.